The van der Waals surface area contributed by atoms with Gasteiger partial charge in [0.1, 0.15) is 29.2 Å². The van der Waals surface area contributed by atoms with Gasteiger partial charge >= 0.3 is 0 Å². The number of rotatable bonds is 8. The maximum Gasteiger partial charge on any atom is 0.137 e. The van der Waals surface area contributed by atoms with E-state index in [9.17, 15) is 10.5 Å². The number of ether oxygens (including phenoxy) is 1. The Balaban J connectivity index is 1.44. The molecule has 0 spiro atoms. The van der Waals surface area contributed by atoms with Gasteiger partial charge in [-0.1, -0.05) is 86.2 Å². The Kier molecular flexibility index (Phi) is 8.78. The lowest BCUT2D eigenvalue weighted by Gasteiger charge is -2.26. The topological polar surface area (TPSA) is 60.0 Å². The van der Waals surface area contributed by atoms with Crippen LogP contribution in [0.2, 0.25) is 0 Å². The molecule has 0 bridgehead atoms. The maximum atomic E-state index is 9.25. The van der Waals surface area contributed by atoms with E-state index in [1.807, 2.05) is 30.4 Å². The Labute approximate surface area is 248 Å². The second-order valence-corrected chi connectivity index (χ2v) is 10.0. The number of hydrogen-bond acceptors (Lipinski definition) is 4. The Morgan fingerprint density at radius 2 is 1.29 bits per heavy atom. The molecule has 0 amide bonds. The summed E-state index contributed by atoms with van der Waals surface area (Å²) in [6.45, 7) is 4.00. The minimum absolute atomic E-state index is 0.0625. The minimum Gasteiger partial charge on any atom is -0.462 e. The van der Waals surface area contributed by atoms with E-state index in [1.54, 1.807) is 19.1 Å². The first kappa shape index (κ1) is 28.0. The second kappa shape index (κ2) is 13.2. The average molecular weight is 546 g/mol. The first-order valence-electron chi connectivity index (χ1n) is 14.0. The smallest absolute Gasteiger partial charge is 0.137 e. The molecular weight excluding hydrogens is 514 g/mol. The summed E-state index contributed by atoms with van der Waals surface area (Å²) in [5, 5.41) is 18.5. The van der Waals surface area contributed by atoms with Crippen molar-refractivity contribution in [2.75, 3.05) is 4.90 Å². The van der Waals surface area contributed by atoms with Gasteiger partial charge < -0.3 is 9.64 Å². The molecule has 0 saturated carbocycles. The van der Waals surface area contributed by atoms with Crippen LogP contribution in [0.1, 0.15) is 31.4 Å². The standard InChI is InChI=1S/C38H31N3O/c1-3-7-29-10-17-35(18-11-29)41(37-21-15-32(16-22-37)31-8-5-4-6-9-31)36-19-12-30(13-20-36)14-23-38-25-33(24-28(2)42-38)34(26-39)27-40/h4-6,8-25H,3,7H2,1-2H3/b23-14+. The molecule has 5 rings (SSSR count). The highest BCUT2D eigenvalue weighted by atomic mass is 16.5. The van der Waals surface area contributed by atoms with Gasteiger partial charge in [0.25, 0.3) is 0 Å². The SMILES string of the molecule is CCCc1ccc(N(c2ccc(/C=C/C3=CC(=C(C#N)C#N)C=C(C)O3)cc2)c2ccc(-c3ccccc3)cc2)cc1. The van der Waals surface area contributed by atoms with Crippen LogP contribution in [0.25, 0.3) is 17.2 Å². The van der Waals surface area contributed by atoms with E-state index < -0.39 is 0 Å². The zero-order chi connectivity index (χ0) is 29.3. The van der Waals surface area contributed by atoms with E-state index in [1.165, 1.54) is 16.7 Å². The van der Waals surface area contributed by atoms with Crippen LogP contribution in [0, 0.1) is 22.7 Å². The summed E-state index contributed by atoms with van der Waals surface area (Å²) in [6.07, 6.45) is 9.40. The zero-order valence-electron chi connectivity index (χ0n) is 23.8. The maximum absolute atomic E-state index is 9.25. The number of benzene rings is 4. The molecule has 0 saturated heterocycles. The third-order valence-electron chi connectivity index (χ3n) is 7.00. The van der Waals surface area contributed by atoms with Crippen molar-refractivity contribution >= 4 is 23.1 Å². The van der Waals surface area contributed by atoms with Crippen molar-refractivity contribution in [3.8, 4) is 23.3 Å². The molecule has 4 heteroatoms. The lowest BCUT2D eigenvalue weighted by atomic mass is 10.0. The zero-order valence-corrected chi connectivity index (χ0v) is 23.8. The van der Waals surface area contributed by atoms with Crippen LogP contribution < -0.4 is 4.90 Å². The van der Waals surface area contributed by atoms with Crippen LogP contribution in [0.5, 0.6) is 0 Å². The number of aryl methyl sites for hydroxylation is 1. The molecule has 1 aliphatic heterocycles. The fourth-order valence-electron chi connectivity index (χ4n) is 4.93. The van der Waals surface area contributed by atoms with Crippen LogP contribution in [0.4, 0.5) is 17.1 Å². The molecule has 1 aliphatic rings. The Hall–Kier alpha value is -5.58. The fraction of sp³-hybridized carbons (Fsp3) is 0.105. The summed E-state index contributed by atoms with van der Waals surface area (Å²) >= 11 is 0. The van der Waals surface area contributed by atoms with Gasteiger partial charge in [0.2, 0.25) is 0 Å². The third kappa shape index (κ3) is 6.58. The van der Waals surface area contributed by atoms with Crippen molar-refractivity contribution in [3.05, 3.63) is 155 Å². The molecule has 0 radical (unpaired) electrons. The number of anilines is 3. The van der Waals surface area contributed by atoms with E-state index in [0.29, 0.717) is 17.1 Å². The lowest BCUT2D eigenvalue weighted by molar-refractivity contribution is 0.318. The Morgan fingerprint density at radius 3 is 1.88 bits per heavy atom. The predicted octanol–water partition coefficient (Wildman–Crippen LogP) is 9.95. The van der Waals surface area contributed by atoms with Gasteiger partial charge in [0.05, 0.1) is 0 Å². The van der Waals surface area contributed by atoms with Crippen LogP contribution in [-0.2, 0) is 11.2 Å². The van der Waals surface area contributed by atoms with E-state index >= 15 is 0 Å². The minimum atomic E-state index is 0.0625. The lowest BCUT2D eigenvalue weighted by Crippen LogP contribution is -2.10. The van der Waals surface area contributed by atoms with E-state index in [4.69, 9.17) is 4.74 Å². The summed E-state index contributed by atoms with van der Waals surface area (Å²) in [5.41, 5.74) is 8.54. The highest BCUT2D eigenvalue weighted by Crippen LogP contribution is 2.36. The average Bonchev–Trinajstić information content (AvgIpc) is 3.03. The Bertz CT molecular complexity index is 1730. The molecule has 0 fully saturated rings. The highest BCUT2D eigenvalue weighted by molar-refractivity contribution is 5.79. The van der Waals surface area contributed by atoms with Crippen LogP contribution >= 0.6 is 0 Å². The molecule has 0 aliphatic carbocycles. The first-order valence-corrected chi connectivity index (χ1v) is 14.0. The summed E-state index contributed by atoms with van der Waals surface area (Å²) in [5.74, 6) is 1.20. The van der Waals surface area contributed by atoms with Crippen molar-refractivity contribution in [2.24, 2.45) is 0 Å². The molecule has 1 heterocycles. The van der Waals surface area contributed by atoms with Crippen LogP contribution in [0.15, 0.2) is 144 Å². The van der Waals surface area contributed by atoms with Crippen molar-refractivity contribution in [3.63, 3.8) is 0 Å². The second-order valence-electron chi connectivity index (χ2n) is 10.0. The number of hydrogen-bond donors (Lipinski definition) is 0. The summed E-state index contributed by atoms with van der Waals surface area (Å²) in [7, 11) is 0. The molecule has 0 unspecified atom stereocenters. The van der Waals surface area contributed by atoms with Crippen molar-refractivity contribution in [1.29, 1.82) is 10.5 Å². The van der Waals surface area contributed by atoms with Crippen LogP contribution in [-0.4, -0.2) is 0 Å². The molecule has 204 valence electrons. The highest BCUT2D eigenvalue weighted by Gasteiger charge is 2.14. The van der Waals surface area contributed by atoms with Crippen LogP contribution in [0.3, 0.4) is 0 Å². The number of nitrogens with zero attached hydrogens (tertiary/aromatic N) is 3. The molecule has 4 aromatic carbocycles. The van der Waals surface area contributed by atoms with E-state index in [0.717, 1.165) is 35.5 Å². The van der Waals surface area contributed by atoms with Gasteiger partial charge in [-0.15, -0.1) is 0 Å². The third-order valence-corrected chi connectivity index (χ3v) is 7.00. The van der Waals surface area contributed by atoms with Gasteiger partial charge in [-0.2, -0.15) is 10.5 Å². The molecule has 4 aromatic rings. The first-order chi connectivity index (χ1) is 20.6. The van der Waals surface area contributed by atoms with Gasteiger partial charge in [0, 0.05) is 22.6 Å². The fourth-order valence-corrected chi connectivity index (χ4v) is 4.93. The predicted molar refractivity (Wildman–Crippen MR) is 171 cm³/mol. The molecular formula is C38H31N3O. The molecule has 4 nitrogen and oxygen atoms in total. The molecule has 42 heavy (non-hydrogen) atoms. The summed E-state index contributed by atoms with van der Waals surface area (Å²) in [4.78, 5) is 2.27. The largest absolute Gasteiger partial charge is 0.462 e. The van der Waals surface area contributed by atoms with E-state index in [-0.39, 0.29) is 5.57 Å². The molecule has 0 N–H and O–H groups in total. The van der Waals surface area contributed by atoms with Gasteiger partial charge in [0.15, 0.2) is 0 Å². The van der Waals surface area contributed by atoms with Crippen molar-refractivity contribution in [1.82, 2.24) is 0 Å². The normalized spacial score (nSPS) is 12.5. The summed E-state index contributed by atoms with van der Waals surface area (Å²) < 4.78 is 5.80. The van der Waals surface area contributed by atoms with Crippen molar-refractivity contribution < 1.29 is 4.74 Å². The Morgan fingerprint density at radius 1 is 0.714 bits per heavy atom. The van der Waals surface area contributed by atoms with Gasteiger partial charge in [-0.25, -0.2) is 0 Å². The number of nitriles is 2. The van der Waals surface area contributed by atoms with Gasteiger partial charge in [-0.3, -0.25) is 0 Å². The van der Waals surface area contributed by atoms with Gasteiger partial charge in [-0.05, 0) is 90.2 Å². The van der Waals surface area contributed by atoms with Crippen molar-refractivity contribution in [2.45, 2.75) is 26.7 Å². The number of allylic oxidation sites excluding steroid dienone is 6. The monoisotopic (exact) mass is 545 g/mol. The molecule has 0 aromatic heterocycles. The quantitative estimate of drug-likeness (QED) is 0.207. The summed E-state index contributed by atoms with van der Waals surface area (Å²) in [6, 6.07) is 40.1. The molecule has 0 atom stereocenters. The van der Waals surface area contributed by atoms with E-state index in [2.05, 4.69) is 109 Å².